The van der Waals surface area contributed by atoms with Gasteiger partial charge in [-0.3, -0.25) is 4.79 Å². The number of rotatable bonds is 5. The quantitative estimate of drug-likeness (QED) is 0.880. The molecule has 2 aromatic carbocycles. The fraction of sp³-hybridized carbons (Fsp3) is 0.435. The van der Waals surface area contributed by atoms with E-state index in [9.17, 15) is 4.79 Å². The van der Waals surface area contributed by atoms with Crippen molar-refractivity contribution in [1.29, 1.82) is 0 Å². The summed E-state index contributed by atoms with van der Waals surface area (Å²) in [5.74, 6) is 0.170. The van der Waals surface area contributed by atoms with Crippen LogP contribution < -0.4 is 10.2 Å². The number of ether oxygens (including phenoxy) is 1. The van der Waals surface area contributed by atoms with Crippen LogP contribution in [0.15, 0.2) is 54.6 Å². The van der Waals surface area contributed by atoms with E-state index in [1.165, 1.54) is 5.69 Å². The van der Waals surface area contributed by atoms with Gasteiger partial charge in [0.2, 0.25) is 5.91 Å². The van der Waals surface area contributed by atoms with Crippen LogP contribution in [0.5, 0.6) is 0 Å². The molecule has 1 aliphatic heterocycles. The summed E-state index contributed by atoms with van der Waals surface area (Å²) in [6.45, 7) is 4.04. The number of nitrogens with one attached hydrogen (secondary N) is 1. The molecule has 4 heteroatoms. The van der Waals surface area contributed by atoms with Gasteiger partial charge in [0, 0.05) is 25.3 Å². The third-order valence-electron chi connectivity index (χ3n) is 5.98. The summed E-state index contributed by atoms with van der Waals surface area (Å²) in [5, 5.41) is 3.21. The average Bonchev–Trinajstić information content (AvgIpc) is 3.25. The molecule has 0 bridgehead atoms. The van der Waals surface area contributed by atoms with Crippen molar-refractivity contribution in [2.45, 2.75) is 37.6 Å². The van der Waals surface area contributed by atoms with Crippen molar-refractivity contribution in [1.82, 2.24) is 5.32 Å². The lowest BCUT2D eigenvalue weighted by molar-refractivity contribution is -0.126. The Labute approximate surface area is 161 Å². The van der Waals surface area contributed by atoms with E-state index in [0.29, 0.717) is 6.54 Å². The molecule has 0 unspecified atom stereocenters. The molecular formula is C23H28N2O2. The molecule has 0 atom stereocenters. The third kappa shape index (κ3) is 3.86. The average molecular weight is 364 g/mol. The largest absolute Gasteiger partial charge is 0.378 e. The molecule has 0 aromatic heterocycles. The second-order valence-corrected chi connectivity index (χ2v) is 7.60. The lowest BCUT2D eigenvalue weighted by Gasteiger charge is -2.29. The van der Waals surface area contributed by atoms with Crippen LogP contribution in [0.1, 0.15) is 36.8 Å². The number of nitrogens with zero attached hydrogens (tertiary/aromatic N) is 1. The molecule has 0 radical (unpaired) electrons. The molecule has 2 aromatic rings. The first-order valence-corrected chi connectivity index (χ1v) is 10.0. The molecule has 4 nitrogen and oxygen atoms in total. The van der Waals surface area contributed by atoms with Crippen LogP contribution in [0.25, 0.3) is 0 Å². The molecule has 1 aliphatic carbocycles. The minimum absolute atomic E-state index is 0.170. The fourth-order valence-corrected chi connectivity index (χ4v) is 4.38. The summed E-state index contributed by atoms with van der Waals surface area (Å²) in [5.41, 5.74) is 3.17. The Morgan fingerprint density at radius 1 is 0.963 bits per heavy atom. The van der Waals surface area contributed by atoms with Crippen LogP contribution in [0.4, 0.5) is 5.69 Å². The molecule has 1 heterocycles. The van der Waals surface area contributed by atoms with Crippen molar-refractivity contribution < 1.29 is 9.53 Å². The highest BCUT2D eigenvalue weighted by Gasteiger charge is 2.42. The Balaban J connectivity index is 1.41. The molecule has 1 saturated heterocycles. The van der Waals surface area contributed by atoms with Gasteiger partial charge >= 0.3 is 0 Å². The molecule has 0 spiro atoms. The van der Waals surface area contributed by atoms with Crippen LogP contribution >= 0.6 is 0 Å². The van der Waals surface area contributed by atoms with Crippen molar-refractivity contribution in [3.63, 3.8) is 0 Å². The zero-order valence-electron chi connectivity index (χ0n) is 15.8. The Hall–Kier alpha value is -2.33. The molecule has 2 fully saturated rings. The van der Waals surface area contributed by atoms with Gasteiger partial charge in [-0.05, 0) is 36.1 Å². The Bertz CT molecular complexity index is 746. The summed E-state index contributed by atoms with van der Waals surface area (Å²) in [6.07, 6.45) is 4.13. The molecular weight excluding hydrogens is 336 g/mol. The van der Waals surface area contributed by atoms with E-state index < -0.39 is 0 Å². The highest BCUT2D eigenvalue weighted by Crippen LogP contribution is 2.41. The zero-order valence-corrected chi connectivity index (χ0v) is 15.8. The second-order valence-electron chi connectivity index (χ2n) is 7.60. The van der Waals surface area contributed by atoms with Gasteiger partial charge in [0.25, 0.3) is 0 Å². The standard InChI is InChI=1S/C23H28N2O2/c26-22(23(12-4-5-13-23)20-6-2-1-3-7-20)24-18-19-8-10-21(11-9-19)25-14-16-27-17-15-25/h1-3,6-11H,4-5,12-18H2,(H,24,26). The maximum atomic E-state index is 13.1. The summed E-state index contributed by atoms with van der Waals surface area (Å²) in [4.78, 5) is 15.5. The minimum Gasteiger partial charge on any atom is -0.378 e. The van der Waals surface area contributed by atoms with Crippen molar-refractivity contribution in [2.24, 2.45) is 0 Å². The number of anilines is 1. The van der Waals surface area contributed by atoms with Gasteiger partial charge < -0.3 is 15.0 Å². The third-order valence-corrected chi connectivity index (χ3v) is 5.98. The highest BCUT2D eigenvalue weighted by atomic mass is 16.5. The predicted molar refractivity (Wildman–Crippen MR) is 108 cm³/mol. The summed E-state index contributed by atoms with van der Waals surface area (Å²) < 4.78 is 5.42. The van der Waals surface area contributed by atoms with Gasteiger partial charge in [0.1, 0.15) is 0 Å². The van der Waals surface area contributed by atoms with E-state index in [1.54, 1.807) is 0 Å². The number of morpholine rings is 1. The predicted octanol–water partition coefficient (Wildman–Crippen LogP) is 3.65. The molecule has 1 N–H and O–H groups in total. The van der Waals surface area contributed by atoms with E-state index in [0.717, 1.165) is 63.1 Å². The van der Waals surface area contributed by atoms with Gasteiger partial charge in [-0.1, -0.05) is 55.3 Å². The molecule has 1 amide bonds. The lowest BCUT2D eigenvalue weighted by atomic mass is 9.78. The minimum atomic E-state index is -0.352. The Kier molecular flexibility index (Phi) is 5.44. The van der Waals surface area contributed by atoms with Crippen molar-refractivity contribution >= 4 is 11.6 Å². The monoisotopic (exact) mass is 364 g/mol. The fourth-order valence-electron chi connectivity index (χ4n) is 4.38. The molecule has 4 rings (SSSR count). The summed E-state index contributed by atoms with van der Waals surface area (Å²) >= 11 is 0. The van der Waals surface area contributed by atoms with E-state index >= 15 is 0 Å². The first kappa shape index (κ1) is 18.1. The topological polar surface area (TPSA) is 41.6 Å². The van der Waals surface area contributed by atoms with Crippen LogP contribution in [-0.2, 0) is 21.5 Å². The number of hydrogen-bond donors (Lipinski definition) is 1. The number of amides is 1. The van der Waals surface area contributed by atoms with Crippen LogP contribution in [0, 0.1) is 0 Å². The van der Waals surface area contributed by atoms with Gasteiger partial charge in [-0.15, -0.1) is 0 Å². The van der Waals surface area contributed by atoms with E-state index in [4.69, 9.17) is 4.74 Å². The van der Waals surface area contributed by atoms with Gasteiger partial charge in [-0.2, -0.15) is 0 Å². The lowest BCUT2D eigenvalue weighted by Crippen LogP contribution is -2.42. The highest BCUT2D eigenvalue weighted by molar-refractivity contribution is 5.88. The summed E-state index contributed by atoms with van der Waals surface area (Å²) in [7, 11) is 0. The molecule has 142 valence electrons. The maximum absolute atomic E-state index is 13.1. The van der Waals surface area contributed by atoms with E-state index in [1.807, 2.05) is 18.2 Å². The Morgan fingerprint density at radius 3 is 2.30 bits per heavy atom. The van der Waals surface area contributed by atoms with Crippen molar-refractivity contribution in [3.8, 4) is 0 Å². The smallest absolute Gasteiger partial charge is 0.230 e. The first-order chi connectivity index (χ1) is 13.3. The maximum Gasteiger partial charge on any atom is 0.230 e. The zero-order chi connectivity index (χ0) is 18.5. The van der Waals surface area contributed by atoms with Gasteiger partial charge in [0.05, 0.1) is 18.6 Å². The SMILES string of the molecule is O=C(NCc1ccc(N2CCOCC2)cc1)C1(c2ccccc2)CCCC1. The van der Waals surface area contributed by atoms with Crippen LogP contribution in [0.2, 0.25) is 0 Å². The molecule has 27 heavy (non-hydrogen) atoms. The van der Waals surface area contributed by atoms with Gasteiger partial charge in [-0.25, -0.2) is 0 Å². The van der Waals surface area contributed by atoms with Crippen molar-refractivity contribution in [3.05, 3.63) is 65.7 Å². The van der Waals surface area contributed by atoms with Crippen molar-refractivity contribution in [2.75, 3.05) is 31.2 Å². The number of carbonyl (C=O) groups excluding carboxylic acids is 1. The molecule has 2 aliphatic rings. The van der Waals surface area contributed by atoms with Gasteiger partial charge in [0.15, 0.2) is 0 Å². The normalized spacial score (nSPS) is 19.0. The van der Waals surface area contributed by atoms with Crippen LogP contribution in [0.3, 0.4) is 0 Å². The van der Waals surface area contributed by atoms with Crippen LogP contribution in [-0.4, -0.2) is 32.2 Å². The van der Waals surface area contributed by atoms with E-state index in [-0.39, 0.29) is 11.3 Å². The molecule has 1 saturated carbocycles. The number of hydrogen-bond acceptors (Lipinski definition) is 3. The number of benzene rings is 2. The first-order valence-electron chi connectivity index (χ1n) is 10.0. The summed E-state index contributed by atoms with van der Waals surface area (Å²) in [6, 6.07) is 18.8. The Morgan fingerprint density at radius 2 is 1.63 bits per heavy atom. The number of carbonyl (C=O) groups is 1. The van der Waals surface area contributed by atoms with E-state index in [2.05, 4.69) is 46.6 Å². The second kappa shape index (κ2) is 8.13.